The van der Waals surface area contributed by atoms with E-state index in [1.165, 1.54) is 11.1 Å². The van der Waals surface area contributed by atoms with Crippen LogP contribution in [0.1, 0.15) is 17.2 Å². The Balaban J connectivity index is 1.30. The zero-order chi connectivity index (χ0) is 21.3. The Morgan fingerprint density at radius 3 is 2.06 bits per heavy atom. The van der Waals surface area contributed by atoms with Crippen molar-refractivity contribution in [2.75, 3.05) is 31.1 Å². The summed E-state index contributed by atoms with van der Waals surface area (Å²) < 4.78 is 0. The minimum absolute atomic E-state index is 0.345. The summed E-state index contributed by atoms with van der Waals surface area (Å²) in [6.45, 7) is 4.04. The van der Waals surface area contributed by atoms with Gasteiger partial charge in [-0.2, -0.15) is 0 Å². The molecule has 1 aliphatic heterocycles. The van der Waals surface area contributed by atoms with Gasteiger partial charge in [-0.15, -0.1) is 0 Å². The molecule has 6 rings (SSSR count). The van der Waals surface area contributed by atoms with Crippen LogP contribution in [0.25, 0.3) is 21.9 Å². The maximum atomic E-state index is 4.69. The smallest absolute Gasteiger partial charge is 0.156 e. The highest BCUT2D eigenvalue weighted by Gasteiger charge is 2.31. The fourth-order valence-corrected chi connectivity index (χ4v) is 5.12. The van der Waals surface area contributed by atoms with Crippen molar-refractivity contribution in [2.45, 2.75) is 6.04 Å². The molecule has 0 radical (unpaired) electrons. The zero-order valence-electron chi connectivity index (χ0n) is 17.9. The second kappa shape index (κ2) is 8.09. The molecule has 1 aliphatic rings. The van der Waals surface area contributed by atoms with Gasteiger partial charge in [0.25, 0.3) is 0 Å². The van der Waals surface area contributed by atoms with Crippen LogP contribution in [0.4, 0.5) is 5.82 Å². The molecule has 0 aliphatic carbocycles. The van der Waals surface area contributed by atoms with Crippen LogP contribution >= 0.6 is 0 Å². The molecule has 3 aromatic carbocycles. The van der Waals surface area contributed by atoms with Crippen LogP contribution in [0.3, 0.4) is 0 Å². The summed E-state index contributed by atoms with van der Waals surface area (Å²) in [6.07, 6.45) is 1.70. The number of fused-ring (bicyclic) bond motifs is 3. The third-order valence-corrected chi connectivity index (χ3v) is 6.65. The van der Waals surface area contributed by atoms with Crippen LogP contribution < -0.4 is 9.80 Å². The van der Waals surface area contributed by atoms with Gasteiger partial charge in [-0.3, -0.25) is 0 Å². The number of rotatable bonds is 4. The normalized spacial score (nSPS) is 15.1. The van der Waals surface area contributed by atoms with Gasteiger partial charge in [0, 0.05) is 22.0 Å². The number of hydrogen-bond donors (Lipinski definition) is 2. The number of H-pyrrole nitrogens is 1. The number of quaternary nitrogens is 1. The molecule has 32 heavy (non-hydrogen) atoms. The maximum Gasteiger partial charge on any atom is 0.156 e. The van der Waals surface area contributed by atoms with Crippen LogP contribution in [-0.4, -0.2) is 41.1 Å². The monoisotopic (exact) mass is 420 g/mol. The van der Waals surface area contributed by atoms with E-state index >= 15 is 0 Å². The topological polar surface area (TPSA) is 49.2 Å². The van der Waals surface area contributed by atoms with Crippen LogP contribution in [0.5, 0.6) is 0 Å². The highest BCUT2D eigenvalue weighted by Crippen LogP contribution is 2.29. The minimum Gasteiger partial charge on any atom is -0.350 e. The molecule has 0 saturated carbocycles. The van der Waals surface area contributed by atoms with Crippen LogP contribution in [0.15, 0.2) is 91.3 Å². The summed E-state index contributed by atoms with van der Waals surface area (Å²) in [7, 11) is 0. The van der Waals surface area contributed by atoms with Gasteiger partial charge in [-0.1, -0.05) is 78.9 Å². The van der Waals surface area contributed by atoms with Crippen molar-refractivity contribution in [3.05, 3.63) is 102 Å². The number of para-hydroxylation sites is 1. The van der Waals surface area contributed by atoms with Crippen molar-refractivity contribution in [2.24, 2.45) is 0 Å². The number of anilines is 1. The lowest BCUT2D eigenvalue weighted by atomic mass is 9.96. The second-order valence-electron chi connectivity index (χ2n) is 8.49. The van der Waals surface area contributed by atoms with E-state index < -0.39 is 0 Å². The number of aromatic amines is 1. The van der Waals surface area contributed by atoms with Gasteiger partial charge in [0.1, 0.15) is 23.4 Å². The standard InChI is InChI=1S/C27H25N5/c1-3-9-20(10-4-1)26(21-11-5-2-6-12-21)31-15-17-32(18-16-31)27-25-24(28-19-29-27)22-13-7-8-14-23(22)30-25/h1-14,19,26,30H,15-18H2/p+1. The molecule has 0 spiro atoms. The van der Waals surface area contributed by atoms with Crippen molar-refractivity contribution < 1.29 is 4.90 Å². The minimum atomic E-state index is 0.345. The SMILES string of the molecule is c1ccc(C(c2ccccc2)[NH+]2CCN(c3ncnc4c3[nH]c3ccccc34)CC2)cc1. The second-order valence-corrected chi connectivity index (χ2v) is 8.49. The van der Waals surface area contributed by atoms with Crippen molar-refractivity contribution in [1.82, 2.24) is 15.0 Å². The Morgan fingerprint density at radius 2 is 1.38 bits per heavy atom. The Hall–Kier alpha value is -3.70. The van der Waals surface area contributed by atoms with Crippen LogP contribution in [0, 0.1) is 0 Å². The first-order valence-corrected chi connectivity index (χ1v) is 11.3. The van der Waals surface area contributed by atoms with E-state index in [1.807, 2.05) is 0 Å². The molecule has 5 nitrogen and oxygen atoms in total. The van der Waals surface area contributed by atoms with Gasteiger partial charge in [0.15, 0.2) is 5.82 Å². The number of piperazine rings is 1. The average molecular weight is 421 g/mol. The Morgan fingerprint density at radius 1 is 0.750 bits per heavy atom. The third kappa shape index (κ3) is 3.31. The molecular formula is C27H26N5+. The molecule has 1 saturated heterocycles. The summed E-state index contributed by atoms with van der Waals surface area (Å²) in [4.78, 5) is 16.8. The number of aromatic nitrogens is 3. The van der Waals surface area contributed by atoms with Gasteiger partial charge in [-0.25, -0.2) is 9.97 Å². The van der Waals surface area contributed by atoms with E-state index in [9.17, 15) is 0 Å². The highest BCUT2D eigenvalue weighted by molar-refractivity contribution is 6.08. The average Bonchev–Trinajstić information content (AvgIpc) is 3.25. The van der Waals surface area contributed by atoms with Gasteiger partial charge in [-0.05, 0) is 6.07 Å². The summed E-state index contributed by atoms with van der Waals surface area (Å²) in [5.41, 5.74) is 5.91. The molecule has 5 aromatic rings. The summed E-state index contributed by atoms with van der Waals surface area (Å²) >= 11 is 0. The molecule has 2 N–H and O–H groups in total. The van der Waals surface area contributed by atoms with Gasteiger partial charge < -0.3 is 14.8 Å². The fourth-order valence-electron chi connectivity index (χ4n) is 5.12. The van der Waals surface area contributed by atoms with E-state index in [1.54, 1.807) is 11.2 Å². The van der Waals surface area contributed by atoms with Crippen LogP contribution in [0.2, 0.25) is 0 Å². The van der Waals surface area contributed by atoms with E-state index in [2.05, 4.69) is 105 Å². The molecule has 0 unspecified atom stereocenters. The summed E-state index contributed by atoms with van der Waals surface area (Å²) in [5, 5.41) is 1.16. The summed E-state index contributed by atoms with van der Waals surface area (Å²) in [5.74, 6) is 1.02. The molecular weight excluding hydrogens is 394 g/mol. The van der Waals surface area contributed by atoms with E-state index in [0.717, 1.165) is 53.9 Å². The molecule has 0 amide bonds. The lowest BCUT2D eigenvalue weighted by Crippen LogP contribution is -3.15. The Kier molecular flexibility index (Phi) is 4.81. The molecule has 0 bridgehead atoms. The Bertz CT molecular complexity index is 1300. The quantitative estimate of drug-likeness (QED) is 0.467. The zero-order valence-corrected chi connectivity index (χ0v) is 17.9. The Labute approximate surface area is 187 Å². The predicted octanol–water partition coefficient (Wildman–Crippen LogP) is 3.61. The first-order valence-electron chi connectivity index (χ1n) is 11.3. The summed E-state index contributed by atoms with van der Waals surface area (Å²) in [6, 6.07) is 30.5. The van der Waals surface area contributed by atoms with E-state index in [-0.39, 0.29) is 0 Å². The lowest BCUT2D eigenvalue weighted by Gasteiger charge is -2.37. The number of nitrogens with zero attached hydrogens (tertiary/aromatic N) is 3. The lowest BCUT2D eigenvalue weighted by molar-refractivity contribution is -0.926. The van der Waals surface area contributed by atoms with Crippen molar-refractivity contribution >= 4 is 27.8 Å². The van der Waals surface area contributed by atoms with Crippen molar-refractivity contribution in [3.63, 3.8) is 0 Å². The highest BCUT2D eigenvalue weighted by atomic mass is 15.3. The largest absolute Gasteiger partial charge is 0.350 e. The van der Waals surface area contributed by atoms with Crippen molar-refractivity contribution in [1.29, 1.82) is 0 Å². The van der Waals surface area contributed by atoms with Gasteiger partial charge >= 0.3 is 0 Å². The third-order valence-electron chi connectivity index (χ3n) is 6.65. The van der Waals surface area contributed by atoms with Gasteiger partial charge in [0.05, 0.1) is 26.2 Å². The van der Waals surface area contributed by atoms with E-state index in [4.69, 9.17) is 0 Å². The van der Waals surface area contributed by atoms with Gasteiger partial charge in [0.2, 0.25) is 0 Å². The molecule has 0 atom stereocenters. The van der Waals surface area contributed by atoms with Crippen LogP contribution in [-0.2, 0) is 0 Å². The molecule has 5 heteroatoms. The first kappa shape index (κ1) is 19.0. The first-order chi connectivity index (χ1) is 15.9. The number of benzene rings is 3. The molecule has 1 fully saturated rings. The predicted molar refractivity (Wildman–Crippen MR) is 129 cm³/mol. The van der Waals surface area contributed by atoms with Crippen molar-refractivity contribution in [3.8, 4) is 0 Å². The maximum absolute atomic E-state index is 4.69. The fraction of sp³-hybridized carbons (Fsp3) is 0.185. The van der Waals surface area contributed by atoms with E-state index in [0.29, 0.717) is 6.04 Å². The number of nitrogens with one attached hydrogen (secondary N) is 2. The molecule has 2 aromatic heterocycles. The molecule has 3 heterocycles. The molecule has 158 valence electrons. The number of hydrogen-bond acceptors (Lipinski definition) is 3.